The van der Waals surface area contributed by atoms with Crippen molar-refractivity contribution in [3.63, 3.8) is 0 Å². The first-order chi connectivity index (χ1) is 7.66. The third-order valence-electron chi connectivity index (χ3n) is 2.11. The summed E-state index contributed by atoms with van der Waals surface area (Å²) in [6.45, 7) is 4.35. The van der Waals surface area contributed by atoms with Crippen LogP contribution in [0.25, 0.3) is 0 Å². The number of amides is 1. The first-order valence-electron chi connectivity index (χ1n) is 5.91. The Morgan fingerprint density at radius 3 is 2.88 bits per heavy atom. The molecule has 5 heteroatoms. The van der Waals surface area contributed by atoms with Crippen LogP contribution < -0.4 is 11.1 Å². The van der Waals surface area contributed by atoms with Crippen molar-refractivity contribution in [1.29, 1.82) is 0 Å². The van der Waals surface area contributed by atoms with E-state index in [1.54, 1.807) is 0 Å². The fourth-order valence-corrected chi connectivity index (χ4v) is 1.18. The molecule has 5 nitrogen and oxygen atoms in total. The predicted molar refractivity (Wildman–Crippen MR) is 63.0 cm³/mol. The lowest BCUT2D eigenvalue weighted by atomic mass is 10.3. The van der Waals surface area contributed by atoms with E-state index in [0.29, 0.717) is 39.1 Å². The number of hydrogen-bond acceptors (Lipinski definition) is 4. The number of carbonyl (C=O) groups is 1. The fourth-order valence-electron chi connectivity index (χ4n) is 1.18. The zero-order chi connectivity index (χ0) is 12.2. The Hall–Kier alpha value is -0.650. The second-order valence-electron chi connectivity index (χ2n) is 3.86. The lowest BCUT2D eigenvalue weighted by Gasteiger charge is -2.11. The van der Waals surface area contributed by atoms with Gasteiger partial charge in [0, 0.05) is 19.6 Å². The molecule has 0 aliphatic heterocycles. The number of nitrogens with one attached hydrogen (secondary N) is 1. The van der Waals surface area contributed by atoms with Crippen molar-refractivity contribution in [2.75, 3.05) is 26.3 Å². The minimum atomic E-state index is -0.481. The lowest BCUT2D eigenvalue weighted by Crippen LogP contribution is -2.31. The highest BCUT2D eigenvalue weighted by atomic mass is 16.5. The van der Waals surface area contributed by atoms with Crippen LogP contribution in [0, 0.1) is 0 Å². The molecule has 16 heavy (non-hydrogen) atoms. The highest BCUT2D eigenvalue weighted by Gasteiger charge is 2.03. The molecule has 1 atom stereocenters. The maximum atomic E-state index is 10.4. The first kappa shape index (κ1) is 15.3. The van der Waals surface area contributed by atoms with Crippen molar-refractivity contribution in [1.82, 2.24) is 5.32 Å². The topological polar surface area (TPSA) is 84.6 Å². The number of nitrogens with two attached hydrogens (primary N) is 1. The predicted octanol–water partition coefficient (Wildman–Crippen LogP) is 0.0191. The molecule has 4 N–H and O–H groups in total. The first-order valence-corrected chi connectivity index (χ1v) is 5.91. The zero-order valence-corrected chi connectivity index (χ0v) is 10.1. The lowest BCUT2D eigenvalue weighted by molar-refractivity contribution is -0.118. The largest absolute Gasteiger partial charge is 0.389 e. The molecule has 0 spiro atoms. The van der Waals surface area contributed by atoms with E-state index < -0.39 is 6.10 Å². The minimum Gasteiger partial charge on any atom is -0.389 e. The molecular formula is C11H24N2O3. The van der Waals surface area contributed by atoms with E-state index >= 15 is 0 Å². The number of primary amides is 1. The SMILES string of the molecule is CCCCOCC(O)CNCCCC(N)=O. The molecule has 1 unspecified atom stereocenters. The zero-order valence-electron chi connectivity index (χ0n) is 10.1. The smallest absolute Gasteiger partial charge is 0.217 e. The monoisotopic (exact) mass is 232 g/mol. The van der Waals surface area contributed by atoms with Crippen molar-refractivity contribution in [3.05, 3.63) is 0 Å². The molecule has 0 saturated heterocycles. The highest BCUT2D eigenvalue weighted by Crippen LogP contribution is 1.91. The molecule has 0 aliphatic carbocycles. The quantitative estimate of drug-likeness (QED) is 0.438. The highest BCUT2D eigenvalue weighted by molar-refractivity contribution is 5.73. The number of ether oxygens (including phenoxy) is 1. The summed E-state index contributed by atoms with van der Waals surface area (Å²) in [4.78, 5) is 10.4. The summed E-state index contributed by atoms with van der Waals surface area (Å²) in [5, 5.41) is 12.5. The summed E-state index contributed by atoms with van der Waals surface area (Å²) < 4.78 is 5.27. The van der Waals surface area contributed by atoms with Gasteiger partial charge in [0.25, 0.3) is 0 Å². The van der Waals surface area contributed by atoms with Gasteiger partial charge in [0.2, 0.25) is 5.91 Å². The van der Waals surface area contributed by atoms with Gasteiger partial charge in [-0.05, 0) is 19.4 Å². The molecule has 0 bridgehead atoms. The van der Waals surface area contributed by atoms with Crippen molar-refractivity contribution < 1.29 is 14.6 Å². The van der Waals surface area contributed by atoms with E-state index in [-0.39, 0.29) is 5.91 Å². The standard InChI is InChI=1S/C11H24N2O3/c1-2-3-7-16-9-10(14)8-13-6-4-5-11(12)15/h10,13-14H,2-9H2,1H3,(H2,12,15). The normalized spacial score (nSPS) is 12.6. The van der Waals surface area contributed by atoms with Crippen LogP contribution in [-0.2, 0) is 9.53 Å². The molecule has 0 heterocycles. The summed E-state index contributed by atoms with van der Waals surface area (Å²) in [6.07, 6.45) is 2.74. The van der Waals surface area contributed by atoms with Crippen LogP contribution in [0.15, 0.2) is 0 Å². The van der Waals surface area contributed by atoms with Gasteiger partial charge in [-0.2, -0.15) is 0 Å². The molecule has 0 aromatic rings. The Morgan fingerprint density at radius 2 is 2.25 bits per heavy atom. The van der Waals surface area contributed by atoms with E-state index in [2.05, 4.69) is 12.2 Å². The van der Waals surface area contributed by atoms with Crippen LogP contribution >= 0.6 is 0 Å². The Balaban J connectivity index is 3.17. The number of hydrogen-bond donors (Lipinski definition) is 3. The van der Waals surface area contributed by atoms with Gasteiger partial charge in [0.1, 0.15) is 0 Å². The van der Waals surface area contributed by atoms with Crippen LogP contribution in [0.4, 0.5) is 0 Å². The van der Waals surface area contributed by atoms with E-state index in [1.807, 2.05) is 0 Å². The van der Waals surface area contributed by atoms with Gasteiger partial charge in [-0.1, -0.05) is 13.3 Å². The van der Waals surface area contributed by atoms with Gasteiger partial charge in [-0.3, -0.25) is 4.79 Å². The van der Waals surface area contributed by atoms with Gasteiger partial charge in [0.05, 0.1) is 12.7 Å². The van der Waals surface area contributed by atoms with Crippen LogP contribution in [0.5, 0.6) is 0 Å². The van der Waals surface area contributed by atoms with E-state index in [0.717, 1.165) is 12.8 Å². The van der Waals surface area contributed by atoms with E-state index in [9.17, 15) is 9.90 Å². The molecule has 0 fully saturated rings. The molecular weight excluding hydrogens is 208 g/mol. The molecule has 0 rings (SSSR count). The third kappa shape index (κ3) is 11.4. The number of unbranched alkanes of at least 4 members (excludes halogenated alkanes) is 1. The van der Waals surface area contributed by atoms with Gasteiger partial charge in [-0.15, -0.1) is 0 Å². The maximum absolute atomic E-state index is 10.4. The van der Waals surface area contributed by atoms with Crippen LogP contribution in [0.1, 0.15) is 32.6 Å². The summed E-state index contributed by atoms with van der Waals surface area (Å²) in [5.41, 5.74) is 4.99. The van der Waals surface area contributed by atoms with Gasteiger partial charge >= 0.3 is 0 Å². The average Bonchev–Trinajstić information content (AvgIpc) is 2.23. The van der Waals surface area contributed by atoms with Crippen LogP contribution in [-0.4, -0.2) is 43.4 Å². The molecule has 0 saturated carbocycles. The van der Waals surface area contributed by atoms with Crippen molar-refractivity contribution >= 4 is 5.91 Å². The second-order valence-corrected chi connectivity index (χ2v) is 3.86. The summed E-state index contributed by atoms with van der Waals surface area (Å²) >= 11 is 0. The average molecular weight is 232 g/mol. The van der Waals surface area contributed by atoms with E-state index in [4.69, 9.17) is 10.5 Å². The molecule has 0 aliphatic rings. The van der Waals surface area contributed by atoms with Crippen molar-refractivity contribution in [2.24, 2.45) is 5.73 Å². The number of aliphatic hydroxyl groups excluding tert-OH is 1. The summed E-state index contributed by atoms with van der Waals surface area (Å²) in [7, 11) is 0. The van der Waals surface area contributed by atoms with Crippen molar-refractivity contribution in [2.45, 2.75) is 38.7 Å². The fraction of sp³-hybridized carbons (Fsp3) is 0.909. The van der Waals surface area contributed by atoms with Gasteiger partial charge in [0.15, 0.2) is 0 Å². The van der Waals surface area contributed by atoms with Gasteiger partial charge < -0.3 is 20.9 Å². The molecule has 0 aromatic carbocycles. The number of carbonyl (C=O) groups excluding carboxylic acids is 1. The molecule has 96 valence electrons. The summed E-state index contributed by atoms with van der Waals surface area (Å²) in [5.74, 6) is -0.287. The third-order valence-corrected chi connectivity index (χ3v) is 2.11. The van der Waals surface area contributed by atoms with Crippen LogP contribution in [0.3, 0.4) is 0 Å². The van der Waals surface area contributed by atoms with Crippen LogP contribution in [0.2, 0.25) is 0 Å². The maximum Gasteiger partial charge on any atom is 0.217 e. The Kier molecular flexibility index (Phi) is 10.4. The number of rotatable bonds is 11. The summed E-state index contributed by atoms with van der Waals surface area (Å²) in [6, 6.07) is 0. The van der Waals surface area contributed by atoms with Gasteiger partial charge in [-0.25, -0.2) is 0 Å². The minimum absolute atomic E-state index is 0.287. The van der Waals surface area contributed by atoms with E-state index in [1.165, 1.54) is 0 Å². The molecule has 0 radical (unpaired) electrons. The Bertz CT molecular complexity index is 177. The Labute approximate surface area is 97.3 Å². The Morgan fingerprint density at radius 1 is 1.50 bits per heavy atom. The molecule has 0 aromatic heterocycles. The number of aliphatic hydroxyl groups is 1. The molecule has 1 amide bonds. The second kappa shape index (κ2) is 10.9. The van der Waals surface area contributed by atoms with Crippen molar-refractivity contribution in [3.8, 4) is 0 Å².